The highest BCUT2D eigenvalue weighted by atomic mass is 16.7. The number of carbonyl (C=O) groups excluding carboxylic acids is 2. The number of amides is 2. The molecule has 2 aliphatic heterocycles. The van der Waals surface area contributed by atoms with E-state index in [1.165, 1.54) is 0 Å². The third kappa shape index (κ3) is 6.28. The average molecular weight is 551 g/mol. The van der Waals surface area contributed by atoms with Gasteiger partial charge >= 0.3 is 13.2 Å². The Labute approximate surface area is 238 Å². The van der Waals surface area contributed by atoms with E-state index in [-0.39, 0.29) is 11.9 Å². The highest BCUT2D eigenvalue weighted by Crippen LogP contribution is 2.37. The molecule has 2 N–H and O–H groups in total. The number of rotatable bonds is 5. The van der Waals surface area contributed by atoms with Gasteiger partial charge in [-0.25, -0.2) is 9.78 Å². The number of nitrogens with zero attached hydrogens (tertiary/aromatic N) is 2. The van der Waals surface area contributed by atoms with Crippen molar-refractivity contribution in [3.8, 4) is 11.3 Å². The molecule has 1 saturated heterocycles. The van der Waals surface area contributed by atoms with Crippen LogP contribution in [0.1, 0.15) is 81.1 Å². The summed E-state index contributed by atoms with van der Waals surface area (Å²) in [5.74, 6) is 0.454. The number of hydrogen-bond acceptors (Lipinski definition) is 6. The summed E-state index contributed by atoms with van der Waals surface area (Å²) in [5, 5.41) is 2.80. The standard InChI is InChI=1S/C30H43BN4O5/c1-27(2,3)23(34-26(37)38-28(4,5)6)25(36)35-17-11-12-22(35)24-32-18-21(33-24)19-13-15-20(16-14-19)31-39-29(7,8)30(9,10)40-31/h11-16,18,22-23H,17H2,1-10H3,(H,32,33)(H,34,37)/t22-,23+/m0/s1. The van der Waals surface area contributed by atoms with E-state index in [0.29, 0.717) is 12.4 Å². The Kier molecular flexibility index (Phi) is 7.75. The first-order valence-corrected chi connectivity index (χ1v) is 13.9. The van der Waals surface area contributed by atoms with Crippen molar-refractivity contribution in [3.05, 3.63) is 48.4 Å². The topological polar surface area (TPSA) is 106 Å². The molecule has 0 saturated carbocycles. The van der Waals surface area contributed by atoms with Crippen molar-refractivity contribution in [2.24, 2.45) is 5.41 Å². The lowest BCUT2D eigenvalue weighted by Crippen LogP contribution is -2.55. The number of aromatic nitrogens is 2. The summed E-state index contributed by atoms with van der Waals surface area (Å²) in [6.07, 6.45) is 5.12. The number of carbonyl (C=O) groups is 2. The van der Waals surface area contributed by atoms with Gasteiger partial charge in [-0.3, -0.25) is 4.79 Å². The SMILES string of the molecule is CC(C)(C)OC(=O)N[C@H](C(=O)N1CC=C[C@H]1c1nc(-c2ccc(B3OC(C)(C)C(C)(C)O3)cc2)c[nH]1)C(C)(C)C. The lowest BCUT2D eigenvalue weighted by Gasteiger charge is -2.35. The van der Waals surface area contributed by atoms with Crippen molar-refractivity contribution in [1.29, 1.82) is 0 Å². The summed E-state index contributed by atoms with van der Waals surface area (Å²) in [4.78, 5) is 36.1. The number of imidazole rings is 1. The van der Waals surface area contributed by atoms with Gasteiger partial charge in [0.2, 0.25) is 5.91 Å². The van der Waals surface area contributed by atoms with Gasteiger partial charge in [0.15, 0.2) is 0 Å². The minimum atomic E-state index is -0.776. The van der Waals surface area contributed by atoms with Crippen LogP contribution in [0.5, 0.6) is 0 Å². The molecule has 216 valence electrons. The van der Waals surface area contributed by atoms with Crippen LogP contribution < -0.4 is 10.8 Å². The van der Waals surface area contributed by atoms with E-state index in [0.717, 1.165) is 16.7 Å². The largest absolute Gasteiger partial charge is 0.494 e. The smallest absolute Gasteiger partial charge is 0.444 e. The fourth-order valence-electron chi connectivity index (χ4n) is 4.65. The molecule has 2 aliphatic rings. The Hall–Kier alpha value is -3.11. The first-order chi connectivity index (χ1) is 18.4. The van der Waals surface area contributed by atoms with Crippen molar-refractivity contribution in [1.82, 2.24) is 20.2 Å². The number of nitrogens with one attached hydrogen (secondary N) is 2. The predicted octanol–water partition coefficient (Wildman–Crippen LogP) is 4.75. The molecule has 40 heavy (non-hydrogen) atoms. The van der Waals surface area contributed by atoms with Gasteiger partial charge in [0.1, 0.15) is 23.5 Å². The number of alkyl carbamates (subject to hydrolysis) is 1. The van der Waals surface area contributed by atoms with Crippen LogP contribution in [-0.4, -0.2) is 63.4 Å². The molecule has 1 aromatic carbocycles. The molecule has 2 aromatic rings. The number of ether oxygens (including phenoxy) is 1. The van der Waals surface area contributed by atoms with Gasteiger partial charge in [0.25, 0.3) is 0 Å². The van der Waals surface area contributed by atoms with Crippen LogP contribution in [0.4, 0.5) is 4.79 Å². The molecule has 10 heteroatoms. The summed E-state index contributed by atoms with van der Waals surface area (Å²) in [5.41, 5.74) is 0.637. The summed E-state index contributed by atoms with van der Waals surface area (Å²) >= 11 is 0. The van der Waals surface area contributed by atoms with Crippen molar-refractivity contribution < 1.29 is 23.6 Å². The van der Waals surface area contributed by atoms with Gasteiger partial charge in [-0.2, -0.15) is 0 Å². The van der Waals surface area contributed by atoms with E-state index in [1.807, 2.05) is 91.1 Å². The number of aromatic amines is 1. The monoisotopic (exact) mass is 550 g/mol. The van der Waals surface area contributed by atoms with Crippen molar-refractivity contribution in [2.45, 2.75) is 98.1 Å². The minimum Gasteiger partial charge on any atom is -0.444 e. The van der Waals surface area contributed by atoms with E-state index in [4.69, 9.17) is 19.0 Å². The Morgan fingerprint density at radius 2 is 1.68 bits per heavy atom. The van der Waals surface area contributed by atoms with Crippen LogP contribution in [0.3, 0.4) is 0 Å². The second-order valence-corrected chi connectivity index (χ2v) is 13.7. The Morgan fingerprint density at radius 3 is 2.23 bits per heavy atom. The first kappa shape index (κ1) is 29.9. The molecule has 2 amide bonds. The minimum absolute atomic E-state index is 0.196. The van der Waals surface area contributed by atoms with Crippen LogP contribution >= 0.6 is 0 Å². The molecule has 0 aliphatic carbocycles. The van der Waals surface area contributed by atoms with Gasteiger partial charge in [-0.05, 0) is 59.3 Å². The van der Waals surface area contributed by atoms with E-state index in [2.05, 4.69) is 10.3 Å². The van der Waals surface area contributed by atoms with E-state index in [1.54, 1.807) is 25.7 Å². The van der Waals surface area contributed by atoms with Crippen molar-refractivity contribution in [3.63, 3.8) is 0 Å². The van der Waals surface area contributed by atoms with Gasteiger partial charge < -0.3 is 29.2 Å². The third-order valence-corrected chi connectivity index (χ3v) is 7.62. The molecular weight excluding hydrogens is 507 g/mol. The van der Waals surface area contributed by atoms with E-state index in [9.17, 15) is 9.59 Å². The molecular formula is C30H43BN4O5. The van der Waals surface area contributed by atoms with Gasteiger partial charge in [-0.1, -0.05) is 57.2 Å². The Bertz CT molecular complexity index is 1250. The number of benzene rings is 1. The zero-order valence-corrected chi connectivity index (χ0v) is 25.4. The Balaban J connectivity index is 1.49. The van der Waals surface area contributed by atoms with Crippen LogP contribution in [0.15, 0.2) is 42.6 Å². The zero-order chi connectivity index (χ0) is 29.7. The van der Waals surface area contributed by atoms with Crippen LogP contribution in [0, 0.1) is 5.41 Å². The summed E-state index contributed by atoms with van der Waals surface area (Å²) in [6, 6.07) is 6.82. The fourth-order valence-corrected chi connectivity index (χ4v) is 4.65. The molecule has 0 bridgehead atoms. The zero-order valence-electron chi connectivity index (χ0n) is 25.4. The molecule has 0 unspecified atom stereocenters. The molecule has 0 spiro atoms. The highest BCUT2D eigenvalue weighted by Gasteiger charge is 2.51. The lowest BCUT2D eigenvalue weighted by molar-refractivity contribution is -0.136. The van der Waals surface area contributed by atoms with E-state index >= 15 is 0 Å². The quantitative estimate of drug-likeness (QED) is 0.411. The molecule has 0 radical (unpaired) electrons. The van der Waals surface area contributed by atoms with Crippen molar-refractivity contribution in [2.75, 3.05) is 6.54 Å². The maximum absolute atomic E-state index is 13.8. The summed E-state index contributed by atoms with van der Waals surface area (Å²) < 4.78 is 17.8. The molecule has 9 nitrogen and oxygen atoms in total. The van der Waals surface area contributed by atoms with Crippen molar-refractivity contribution >= 4 is 24.6 Å². The highest BCUT2D eigenvalue weighted by molar-refractivity contribution is 6.62. The molecule has 1 aromatic heterocycles. The number of H-pyrrole nitrogens is 1. The Morgan fingerprint density at radius 1 is 1.07 bits per heavy atom. The second-order valence-electron chi connectivity index (χ2n) is 13.7. The first-order valence-electron chi connectivity index (χ1n) is 13.9. The van der Waals surface area contributed by atoms with Crippen LogP contribution in [0.2, 0.25) is 0 Å². The average Bonchev–Trinajstić information content (AvgIpc) is 3.53. The predicted molar refractivity (Wildman–Crippen MR) is 156 cm³/mol. The van der Waals surface area contributed by atoms with Gasteiger partial charge in [-0.15, -0.1) is 0 Å². The second kappa shape index (κ2) is 10.4. The van der Waals surface area contributed by atoms with Crippen LogP contribution in [0.25, 0.3) is 11.3 Å². The van der Waals surface area contributed by atoms with Crippen LogP contribution in [-0.2, 0) is 18.8 Å². The summed E-state index contributed by atoms with van der Waals surface area (Å²) in [6.45, 7) is 19.7. The molecule has 1 fully saturated rings. The molecule has 3 heterocycles. The molecule has 4 rings (SSSR count). The number of hydrogen-bond donors (Lipinski definition) is 2. The lowest BCUT2D eigenvalue weighted by atomic mass is 9.79. The fraction of sp³-hybridized carbons (Fsp3) is 0.567. The van der Waals surface area contributed by atoms with Gasteiger partial charge in [0.05, 0.1) is 16.9 Å². The van der Waals surface area contributed by atoms with E-state index < -0.39 is 41.5 Å². The molecule has 2 atom stereocenters. The van der Waals surface area contributed by atoms with Gasteiger partial charge in [0, 0.05) is 18.3 Å². The summed E-state index contributed by atoms with van der Waals surface area (Å²) in [7, 11) is -0.429. The maximum atomic E-state index is 13.8. The third-order valence-electron chi connectivity index (χ3n) is 7.62. The maximum Gasteiger partial charge on any atom is 0.494 e. The normalized spacial score (nSPS) is 21.0.